The molecule has 0 bridgehead atoms. The lowest BCUT2D eigenvalue weighted by Crippen LogP contribution is -2.16. The van der Waals surface area contributed by atoms with E-state index in [1.807, 2.05) is 0 Å². The number of unbranched alkanes of at least 4 members (excludes halogenated alkanes) is 2. The minimum Gasteiger partial charge on any atom is -0.463 e. The number of hydrogen-bond donors (Lipinski definition) is 1. The fraction of sp³-hybridized carbons (Fsp3) is 0.632. The standard InChI is InChI=1S/C38H56F3NO12/c1-2-3-4-12-36(43)53-29-27-51-25-23-49-21-19-47-17-15-45-13-14-46-16-18-48-20-22-50-24-26-52-28-30-54-37(44)34-10-5-6-11-35(34)42-33-9-7-8-32(31-33)38(39,40)41/h5-11,31,42H,2-4,12-30H2,1H3. The normalized spacial score (nSPS) is 11.5. The van der Waals surface area contributed by atoms with Crippen LogP contribution in [0.25, 0.3) is 0 Å². The van der Waals surface area contributed by atoms with Gasteiger partial charge in [-0.1, -0.05) is 38.0 Å². The highest BCUT2D eigenvalue weighted by Gasteiger charge is 2.30. The van der Waals surface area contributed by atoms with Crippen LogP contribution in [-0.4, -0.2) is 131 Å². The summed E-state index contributed by atoms with van der Waals surface area (Å²) in [6.45, 7) is 8.68. The molecule has 306 valence electrons. The van der Waals surface area contributed by atoms with Crippen LogP contribution in [-0.2, 0) is 58.3 Å². The molecule has 0 atom stereocenters. The number of alkyl halides is 3. The first kappa shape index (κ1) is 46.8. The Kier molecular flexibility index (Phi) is 26.8. The predicted octanol–water partition coefficient (Wildman–Crippen LogP) is 5.86. The van der Waals surface area contributed by atoms with Crippen LogP contribution in [0.1, 0.15) is 48.5 Å². The van der Waals surface area contributed by atoms with E-state index >= 15 is 0 Å². The maximum Gasteiger partial charge on any atom is 0.416 e. The molecule has 1 N–H and O–H groups in total. The fourth-order valence-corrected chi connectivity index (χ4v) is 4.42. The van der Waals surface area contributed by atoms with Crippen molar-refractivity contribution in [2.75, 3.05) is 124 Å². The molecule has 2 aromatic rings. The highest BCUT2D eigenvalue weighted by atomic mass is 19.4. The summed E-state index contributed by atoms with van der Waals surface area (Å²) in [6, 6.07) is 11.1. The molecular formula is C38H56F3NO12. The van der Waals surface area contributed by atoms with Gasteiger partial charge in [0.1, 0.15) is 13.2 Å². The average Bonchev–Trinajstić information content (AvgIpc) is 3.16. The molecule has 0 aliphatic heterocycles. The number of rotatable bonds is 34. The summed E-state index contributed by atoms with van der Waals surface area (Å²) in [5.41, 5.74) is -0.101. The Morgan fingerprint density at radius 3 is 1.46 bits per heavy atom. The Hall–Kier alpha value is -3.35. The Balaban J connectivity index is 1.30. The van der Waals surface area contributed by atoms with Crippen LogP contribution in [0.2, 0.25) is 0 Å². The second-order valence-electron chi connectivity index (χ2n) is 11.5. The molecule has 0 spiro atoms. The summed E-state index contributed by atoms with van der Waals surface area (Å²) < 4.78 is 93.0. The molecule has 0 unspecified atom stereocenters. The molecule has 0 amide bonds. The molecule has 13 nitrogen and oxygen atoms in total. The van der Waals surface area contributed by atoms with Crippen molar-refractivity contribution < 1.29 is 70.1 Å². The summed E-state index contributed by atoms with van der Waals surface area (Å²) in [5, 5.41) is 2.86. The third kappa shape index (κ3) is 24.1. The summed E-state index contributed by atoms with van der Waals surface area (Å²) >= 11 is 0. The topological polar surface area (TPSA) is 138 Å². The van der Waals surface area contributed by atoms with Crippen LogP contribution in [0.5, 0.6) is 0 Å². The quantitative estimate of drug-likeness (QED) is 0.0672. The van der Waals surface area contributed by atoms with Crippen molar-refractivity contribution in [2.45, 2.75) is 38.8 Å². The number of hydrogen-bond acceptors (Lipinski definition) is 13. The number of carbonyl (C=O) groups is 2. The minimum atomic E-state index is -4.48. The molecule has 0 aliphatic carbocycles. The van der Waals surface area contributed by atoms with E-state index in [9.17, 15) is 22.8 Å². The summed E-state index contributed by atoms with van der Waals surface area (Å²) in [5.74, 6) is -0.809. The van der Waals surface area contributed by atoms with E-state index in [0.717, 1.165) is 31.4 Å². The lowest BCUT2D eigenvalue weighted by atomic mass is 10.1. The van der Waals surface area contributed by atoms with Crippen molar-refractivity contribution in [1.29, 1.82) is 0 Å². The van der Waals surface area contributed by atoms with Crippen molar-refractivity contribution in [3.05, 3.63) is 59.7 Å². The summed E-state index contributed by atoms with van der Waals surface area (Å²) in [7, 11) is 0. The molecule has 0 radical (unpaired) electrons. The first-order valence-corrected chi connectivity index (χ1v) is 18.3. The van der Waals surface area contributed by atoms with E-state index in [0.29, 0.717) is 111 Å². The van der Waals surface area contributed by atoms with Crippen molar-refractivity contribution in [2.24, 2.45) is 0 Å². The third-order valence-corrected chi connectivity index (χ3v) is 7.16. The van der Waals surface area contributed by atoms with Gasteiger partial charge in [-0.2, -0.15) is 13.2 Å². The Morgan fingerprint density at radius 1 is 0.556 bits per heavy atom. The predicted molar refractivity (Wildman–Crippen MR) is 193 cm³/mol. The van der Waals surface area contributed by atoms with Gasteiger partial charge < -0.3 is 52.7 Å². The number of halogens is 3. The molecule has 54 heavy (non-hydrogen) atoms. The van der Waals surface area contributed by atoms with Crippen molar-refractivity contribution in [3.8, 4) is 0 Å². The second kappa shape index (κ2) is 30.9. The number of para-hydroxylation sites is 1. The highest BCUT2D eigenvalue weighted by molar-refractivity contribution is 5.96. The monoisotopic (exact) mass is 775 g/mol. The van der Waals surface area contributed by atoms with E-state index in [1.165, 1.54) is 18.2 Å². The Morgan fingerprint density at radius 2 is 1.00 bits per heavy atom. The zero-order chi connectivity index (χ0) is 39.0. The second-order valence-corrected chi connectivity index (χ2v) is 11.5. The fourth-order valence-electron chi connectivity index (χ4n) is 4.42. The SMILES string of the molecule is CCCCCC(=O)OCCOCCOCCOCCOCCOCCOCCOCCOCCOC(=O)c1ccccc1Nc1cccc(C(F)(F)F)c1. The smallest absolute Gasteiger partial charge is 0.416 e. The lowest BCUT2D eigenvalue weighted by Gasteiger charge is -2.13. The van der Waals surface area contributed by atoms with E-state index < -0.39 is 17.7 Å². The van der Waals surface area contributed by atoms with Gasteiger partial charge in [-0.05, 0) is 36.8 Å². The van der Waals surface area contributed by atoms with Crippen molar-refractivity contribution in [1.82, 2.24) is 0 Å². The van der Waals surface area contributed by atoms with Gasteiger partial charge in [-0.15, -0.1) is 0 Å². The molecule has 0 aromatic heterocycles. The van der Waals surface area contributed by atoms with E-state index in [1.54, 1.807) is 18.2 Å². The van der Waals surface area contributed by atoms with Crippen LogP contribution < -0.4 is 5.32 Å². The van der Waals surface area contributed by atoms with Crippen molar-refractivity contribution in [3.63, 3.8) is 0 Å². The molecular weight excluding hydrogens is 719 g/mol. The maximum atomic E-state index is 13.0. The van der Waals surface area contributed by atoms with Crippen LogP contribution in [0.4, 0.5) is 24.5 Å². The lowest BCUT2D eigenvalue weighted by molar-refractivity contribution is -0.145. The van der Waals surface area contributed by atoms with Crippen LogP contribution >= 0.6 is 0 Å². The third-order valence-electron chi connectivity index (χ3n) is 7.16. The van der Waals surface area contributed by atoms with Gasteiger partial charge in [-0.25, -0.2) is 4.79 Å². The van der Waals surface area contributed by atoms with Gasteiger partial charge in [0.15, 0.2) is 0 Å². The molecule has 0 saturated heterocycles. The van der Waals surface area contributed by atoms with Gasteiger partial charge in [-0.3, -0.25) is 4.79 Å². The number of benzene rings is 2. The average molecular weight is 776 g/mol. The first-order chi connectivity index (χ1) is 26.3. The number of anilines is 2. The van der Waals surface area contributed by atoms with Gasteiger partial charge in [0.2, 0.25) is 0 Å². The maximum absolute atomic E-state index is 13.0. The Labute approximate surface area is 315 Å². The number of carbonyl (C=O) groups excluding carboxylic acids is 2. The summed E-state index contributed by atoms with van der Waals surface area (Å²) in [6.07, 6.45) is -1.05. The highest BCUT2D eigenvalue weighted by Crippen LogP contribution is 2.32. The molecule has 0 heterocycles. The largest absolute Gasteiger partial charge is 0.463 e. The van der Waals surface area contributed by atoms with Crippen molar-refractivity contribution >= 4 is 23.3 Å². The van der Waals surface area contributed by atoms with Gasteiger partial charge in [0, 0.05) is 12.1 Å². The first-order valence-electron chi connectivity index (χ1n) is 18.3. The van der Waals surface area contributed by atoms with Crippen LogP contribution in [0.3, 0.4) is 0 Å². The minimum absolute atomic E-state index is 0.00541. The van der Waals surface area contributed by atoms with E-state index in [2.05, 4.69) is 12.2 Å². The molecule has 2 rings (SSSR count). The zero-order valence-electron chi connectivity index (χ0n) is 31.2. The molecule has 0 aliphatic rings. The van der Waals surface area contributed by atoms with Crippen LogP contribution in [0.15, 0.2) is 48.5 Å². The zero-order valence-corrected chi connectivity index (χ0v) is 31.2. The molecule has 0 saturated carbocycles. The molecule has 2 aromatic carbocycles. The van der Waals surface area contributed by atoms with E-state index in [-0.39, 0.29) is 37.0 Å². The van der Waals surface area contributed by atoms with Gasteiger partial charge >= 0.3 is 18.1 Å². The number of ether oxygens (including phenoxy) is 10. The van der Waals surface area contributed by atoms with E-state index in [4.69, 9.17) is 47.4 Å². The molecule has 16 heteroatoms. The molecule has 0 fully saturated rings. The van der Waals surface area contributed by atoms with Gasteiger partial charge in [0.25, 0.3) is 0 Å². The van der Waals surface area contributed by atoms with Crippen LogP contribution in [0, 0.1) is 0 Å². The summed E-state index contributed by atoms with van der Waals surface area (Å²) in [4.78, 5) is 24.1. The number of esters is 2. The number of nitrogens with one attached hydrogen (secondary N) is 1. The van der Waals surface area contributed by atoms with Gasteiger partial charge in [0.05, 0.1) is 123 Å². The Bertz CT molecular complexity index is 1250.